The minimum atomic E-state index is -0.519. The molecule has 4 rings (SSSR count). The zero-order valence-corrected chi connectivity index (χ0v) is 21.7. The summed E-state index contributed by atoms with van der Waals surface area (Å²) >= 11 is 1.31. The number of pyridine rings is 1. The molecule has 0 fully saturated rings. The van der Waals surface area contributed by atoms with E-state index in [1.54, 1.807) is 45.1 Å². The standard InChI is InChI=1S/C24H26FN7O4S/c1-14(21(36-5)22-26-12-15(25)13-27-22)37-31-24-30-29-23(16-8-6-11-19(28-16)35-4)32(24)20-17(33-2)9-7-10-18(20)34-3/h6-14,21H,1-5H3,(H,30,31)/t14-,21?/m1/s1. The number of nitrogens with one attached hydrogen (secondary N) is 1. The Hall–Kier alpha value is -3.97. The maximum absolute atomic E-state index is 13.3. The minimum Gasteiger partial charge on any atom is -0.494 e. The number of anilines is 1. The van der Waals surface area contributed by atoms with E-state index in [-0.39, 0.29) is 5.25 Å². The van der Waals surface area contributed by atoms with E-state index in [0.717, 1.165) is 12.4 Å². The van der Waals surface area contributed by atoms with Crippen LogP contribution >= 0.6 is 11.9 Å². The van der Waals surface area contributed by atoms with Gasteiger partial charge in [0.2, 0.25) is 11.8 Å². The molecule has 0 amide bonds. The third kappa shape index (κ3) is 5.57. The van der Waals surface area contributed by atoms with Crippen LogP contribution in [0.15, 0.2) is 48.8 Å². The van der Waals surface area contributed by atoms with Crippen LogP contribution in [0.2, 0.25) is 0 Å². The SMILES string of the molecule is COc1cccc(-c2nnc(NS[C@H](C)C(OC)c3ncc(F)cn3)n2-c2c(OC)cccc2OC)n1. The van der Waals surface area contributed by atoms with Gasteiger partial charge in [0.25, 0.3) is 0 Å². The van der Waals surface area contributed by atoms with Gasteiger partial charge in [-0.25, -0.2) is 19.3 Å². The summed E-state index contributed by atoms with van der Waals surface area (Å²) in [5, 5.41) is 8.58. The first kappa shape index (κ1) is 26.1. The number of rotatable bonds is 11. The van der Waals surface area contributed by atoms with Gasteiger partial charge in [0.15, 0.2) is 17.5 Å². The van der Waals surface area contributed by atoms with Gasteiger partial charge in [-0.3, -0.25) is 9.29 Å². The summed E-state index contributed by atoms with van der Waals surface area (Å²) in [5.41, 5.74) is 1.11. The molecule has 4 aromatic rings. The van der Waals surface area contributed by atoms with Crippen molar-refractivity contribution in [3.8, 4) is 34.6 Å². The summed E-state index contributed by atoms with van der Waals surface area (Å²) in [4.78, 5) is 12.6. The fourth-order valence-corrected chi connectivity index (χ4v) is 4.40. The highest BCUT2D eigenvalue weighted by Crippen LogP contribution is 2.38. The molecule has 11 nitrogen and oxygen atoms in total. The maximum Gasteiger partial charge on any atom is 0.239 e. The molecule has 3 aromatic heterocycles. The number of hydrogen-bond donors (Lipinski definition) is 1. The van der Waals surface area contributed by atoms with Crippen molar-refractivity contribution in [3.63, 3.8) is 0 Å². The molecule has 0 bridgehead atoms. The predicted molar refractivity (Wildman–Crippen MR) is 137 cm³/mol. The molecule has 3 heterocycles. The van der Waals surface area contributed by atoms with Crippen LogP contribution in [0.3, 0.4) is 0 Å². The molecule has 2 atom stereocenters. The topological polar surface area (TPSA) is 118 Å². The number of nitrogens with zero attached hydrogens (tertiary/aromatic N) is 6. The lowest BCUT2D eigenvalue weighted by Crippen LogP contribution is -2.19. The van der Waals surface area contributed by atoms with E-state index in [1.807, 2.05) is 31.2 Å². The quantitative estimate of drug-likeness (QED) is 0.284. The van der Waals surface area contributed by atoms with Gasteiger partial charge in [-0.15, -0.1) is 10.2 Å². The molecule has 1 N–H and O–H groups in total. The fraction of sp³-hybridized carbons (Fsp3) is 0.292. The molecule has 0 radical (unpaired) electrons. The van der Waals surface area contributed by atoms with Crippen LogP contribution < -0.4 is 18.9 Å². The second-order valence-electron chi connectivity index (χ2n) is 7.60. The van der Waals surface area contributed by atoms with Crippen LogP contribution in [0.1, 0.15) is 18.9 Å². The Kier molecular flexibility index (Phi) is 8.36. The molecule has 0 aliphatic carbocycles. The Morgan fingerprint density at radius 2 is 1.59 bits per heavy atom. The van der Waals surface area contributed by atoms with Crippen molar-refractivity contribution in [2.75, 3.05) is 33.2 Å². The molecule has 1 aromatic carbocycles. The molecule has 0 saturated heterocycles. The highest BCUT2D eigenvalue weighted by Gasteiger charge is 2.26. The second-order valence-corrected chi connectivity index (χ2v) is 8.78. The minimum absolute atomic E-state index is 0.210. The van der Waals surface area contributed by atoms with E-state index in [0.29, 0.717) is 46.4 Å². The first-order valence-electron chi connectivity index (χ1n) is 11.1. The first-order valence-corrected chi connectivity index (χ1v) is 12.0. The average Bonchev–Trinajstić information content (AvgIpc) is 3.36. The van der Waals surface area contributed by atoms with Crippen LogP contribution in [0, 0.1) is 5.82 Å². The highest BCUT2D eigenvalue weighted by molar-refractivity contribution is 8.01. The third-order valence-corrected chi connectivity index (χ3v) is 6.28. The number of para-hydroxylation sites is 1. The highest BCUT2D eigenvalue weighted by atomic mass is 32.2. The normalized spacial score (nSPS) is 12.6. The van der Waals surface area contributed by atoms with Crippen molar-refractivity contribution in [1.82, 2.24) is 29.7 Å². The molecular weight excluding hydrogens is 501 g/mol. The van der Waals surface area contributed by atoms with Crippen LogP contribution in [0.4, 0.5) is 10.3 Å². The molecule has 0 aliphatic heterocycles. The zero-order valence-electron chi connectivity index (χ0n) is 20.9. The Labute approximate surface area is 217 Å². The van der Waals surface area contributed by atoms with Crippen LogP contribution in [-0.4, -0.2) is 63.4 Å². The first-order chi connectivity index (χ1) is 18.0. The Morgan fingerprint density at radius 3 is 2.22 bits per heavy atom. The van der Waals surface area contributed by atoms with E-state index in [9.17, 15) is 4.39 Å². The van der Waals surface area contributed by atoms with Crippen molar-refractivity contribution < 1.29 is 23.3 Å². The predicted octanol–water partition coefficient (Wildman–Crippen LogP) is 4.12. The van der Waals surface area contributed by atoms with Gasteiger partial charge in [0, 0.05) is 13.2 Å². The van der Waals surface area contributed by atoms with Gasteiger partial charge in [-0.2, -0.15) is 0 Å². The third-order valence-electron chi connectivity index (χ3n) is 5.36. The number of hydrogen-bond acceptors (Lipinski definition) is 11. The lowest BCUT2D eigenvalue weighted by molar-refractivity contribution is 0.0970. The number of benzene rings is 1. The maximum atomic E-state index is 13.3. The number of aromatic nitrogens is 6. The molecule has 37 heavy (non-hydrogen) atoms. The monoisotopic (exact) mass is 527 g/mol. The summed E-state index contributed by atoms with van der Waals surface area (Å²) in [6.45, 7) is 1.92. The zero-order chi connectivity index (χ0) is 26.4. The number of methoxy groups -OCH3 is 4. The lowest BCUT2D eigenvalue weighted by atomic mass is 10.2. The van der Waals surface area contributed by atoms with Gasteiger partial charge in [-0.05, 0) is 37.1 Å². The summed E-state index contributed by atoms with van der Waals surface area (Å²) in [5.74, 6) is 2.17. The van der Waals surface area contributed by atoms with E-state index in [4.69, 9.17) is 18.9 Å². The summed E-state index contributed by atoms with van der Waals surface area (Å²) < 4.78 is 40.5. The van der Waals surface area contributed by atoms with Crippen LogP contribution in [-0.2, 0) is 4.74 Å². The molecular formula is C24H26FN7O4S. The van der Waals surface area contributed by atoms with E-state index in [1.165, 1.54) is 11.9 Å². The number of halogens is 1. The van der Waals surface area contributed by atoms with Crippen LogP contribution in [0.5, 0.6) is 17.4 Å². The van der Waals surface area contributed by atoms with Gasteiger partial charge in [0.1, 0.15) is 29.0 Å². The van der Waals surface area contributed by atoms with Crippen molar-refractivity contribution in [1.29, 1.82) is 0 Å². The fourth-order valence-electron chi connectivity index (χ4n) is 3.62. The second kappa shape index (κ2) is 11.8. The van der Waals surface area contributed by atoms with Gasteiger partial charge < -0.3 is 18.9 Å². The molecule has 1 unspecified atom stereocenters. The van der Waals surface area contributed by atoms with Gasteiger partial charge in [-0.1, -0.05) is 12.1 Å². The number of ether oxygens (including phenoxy) is 4. The Bertz CT molecular complexity index is 1320. The Morgan fingerprint density at radius 1 is 0.919 bits per heavy atom. The summed E-state index contributed by atoms with van der Waals surface area (Å²) in [6, 6.07) is 10.8. The van der Waals surface area contributed by atoms with Crippen molar-refractivity contribution >= 4 is 17.9 Å². The smallest absolute Gasteiger partial charge is 0.239 e. The molecule has 0 spiro atoms. The Balaban J connectivity index is 1.74. The molecule has 194 valence electrons. The van der Waals surface area contributed by atoms with Crippen molar-refractivity contribution in [3.05, 3.63) is 60.4 Å². The molecule has 0 saturated carbocycles. The van der Waals surface area contributed by atoms with Gasteiger partial charge in [0.05, 0.1) is 39.0 Å². The van der Waals surface area contributed by atoms with E-state index < -0.39 is 11.9 Å². The van der Waals surface area contributed by atoms with Crippen molar-refractivity contribution in [2.45, 2.75) is 18.3 Å². The van der Waals surface area contributed by atoms with Crippen LogP contribution in [0.25, 0.3) is 17.2 Å². The van der Waals surface area contributed by atoms with Gasteiger partial charge >= 0.3 is 0 Å². The summed E-state index contributed by atoms with van der Waals surface area (Å²) in [7, 11) is 6.23. The van der Waals surface area contributed by atoms with E-state index >= 15 is 0 Å². The van der Waals surface area contributed by atoms with E-state index in [2.05, 4.69) is 29.9 Å². The average molecular weight is 528 g/mol. The van der Waals surface area contributed by atoms with Crippen molar-refractivity contribution in [2.24, 2.45) is 0 Å². The molecule has 0 aliphatic rings. The lowest BCUT2D eigenvalue weighted by Gasteiger charge is -2.22. The molecule has 13 heteroatoms. The largest absolute Gasteiger partial charge is 0.494 e. The summed E-state index contributed by atoms with van der Waals surface area (Å²) in [6.07, 6.45) is 1.70.